The first kappa shape index (κ1) is 29.5. The highest BCUT2D eigenvalue weighted by Gasteiger charge is 2.43. The van der Waals surface area contributed by atoms with E-state index in [1.54, 1.807) is 20.8 Å². The highest BCUT2D eigenvalue weighted by Crippen LogP contribution is 2.39. The lowest BCUT2D eigenvalue weighted by Crippen LogP contribution is -2.40. The van der Waals surface area contributed by atoms with Crippen molar-refractivity contribution in [2.75, 3.05) is 19.8 Å². The Morgan fingerprint density at radius 3 is 2.26 bits per heavy atom. The van der Waals surface area contributed by atoms with E-state index in [9.17, 15) is 19.8 Å². The number of aliphatic hydroxyl groups is 2. The third kappa shape index (κ3) is 8.17. The van der Waals surface area contributed by atoms with Crippen molar-refractivity contribution in [3.63, 3.8) is 0 Å². The first-order chi connectivity index (χ1) is 16.3. The molecule has 0 aliphatic carbocycles. The van der Waals surface area contributed by atoms with Crippen LogP contribution >= 0.6 is 31.9 Å². The molecule has 3 unspecified atom stereocenters. The molecule has 2 aromatic rings. The molecule has 7 nitrogen and oxygen atoms in total. The number of ether oxygens (including phenoxy) is 3. The van der Waals surface area contributed by atoms with E-state index in [0.29, 0.717) is 12.2 Å². The maximum absolute atomic E-state index is 12.8. The molecule has 0 aliphatic heterocycles. The lowest BCUT2D eigenvalue weighted by molar-refractivity contribution is -0.166. The maximum Gasteiger partial charge on any atom is 0.311 e. The van der Waals surface area contributed by atoms with E-state index in [2.05, 4.69) is 31.9 Å². The Hall–Kier alpha value is -1.68. The van der Waals surface area contributed by atoms with Crippen molar-refractivity contribution < 1.29 is 34.0 Å². The molecule has 35 heavy (non-hydrogen) atoms. The number of hydrogen-bond acceptors (Lipinski definition) is 7. The number of fused-ring (bicyclic) bond motifs is 1. The molecule has 9 heteroatoms. The summed E-state index contributed by atoms with van der Waals surface area (Å²) in [4.78, 5) is 25.3. The Morgan fingerprint density at radius 2 is 1.63 bits per heavy atom. The highest BCUT2D eigenvalue weighted by atomic mass is 79.9. The van der Waals surface area contributed by atoms with Crippen LogP contribution in [0.1, 0.15) is 47.5 Å². The highest BCUT2D eigenvalue weighted by molar-refractivity contribution is 9.11. The van der Waals surface area contributed by atoms with Crippen molar-refractivity contribution in [2.45, 2.75) is 59.7 Å². The van der Waals surface area contributed by atoms with Crippen molar-refractivity contribution in [2.24, 2.45) is 10.8 Å². The minimum Gasteiger partial charge on any atom is -0.490 e. The summed E-state index contributed by atoms with van der Waals surface area (Å²) in [5.74, 6) is -0.430. The Kier molecular flexibility index (Phi) is 10.6. The summed E-state index contributed by atoms with van der Waals surface area (Å²) >= 11 is 7.01. The second-order valence-electron chi connectivity index (χ2n) is 9.73. The van der Waals surface area contributed by atoms with Crippen LogP contribution in [0.4, 0.5) is 0 Å². The first-order valence-corrected chi connectivity index (χ1v) is 13.1. The van der Waals surface area contributed by atoms with Gasteiger partial charge in [0.1, 0.15) is 31.7 Å². The third-order valence-electron chi connectivity index (χ3n) is 5.83. The van der Waals surface area contributed by atoms with E-state index >= 15 is 0 Å². The van der Waals surface area contributed by atoms with Crippen molar-refractivity contribution in [3.05, 3.63) is 39.3 Å². The van der Waals surface area contributed by atoms with E-state index in [0.717, 1.165) is 19.7 Å². The van der Waals surface area contributed by atoms with Crippen LogP contribution in [0.15, 0.2) is 39.3 Å². The summed E-state index contributed by atoms with van der Waals surface area (Å²) in [7, 11) is 0. The Morgan fingerprint density at radius 1 is 0.971 bits per heavy atom. The number of halogens is 2. The van der Waals surface area contributed by atoms with Gasteiger partial charge in [0.25, 0.3) is 0 Å². The Bertz CT molecular complexity index is 1040. The van der Waals surface area contributed by atoms with Crippen LogP contribution in [0.25, 0.3) is 10.8 Å². The molecule has 194 valence electrons. The predicted molar refractivity (Wildman–Crippen MR) is 141 cm³/mol. The van der Waals surface area contributed by atoms with E-state index in [4.69, 9.17) is 14.2 Å². The number of benzene rings is 2. The quantitative estimate of drug-likeness (QED) is 0.307. The zero-order valence-corrected chi connectivity index (χ0v) is 23.9. The molecule has 2 aromatic carbocycles. The second kappa shape index (κ2) is 12.5. The van der Waals surface area contributed by atoms with Crippen molar-refractivity contribution in [3.8, 4) is 5.75 Å². The summed E-state index contributed by atoms with van der Waals surface area (Å²) < 4.78 is 18.1. The minimum absolute atomic E-state index is 0.0628. The van der Waals surface area contributed by atoms with Crippen LogP contribution in [0.3, 0.4) is 0 Å². The van der Waals surface area contributed by atoms with E-state index in [1.165, 1.54) is 6.92 Å². The van der Waals surface area contributed by atoms with Gasteiger partial charge in [0.05, 0.1) is 21.4 Å². The predicted octanol–water partition coefficient (Wildman–Crippen LogP) is 5.40. The topological polar surface area (TPSA) is 102 Å². The number of aliphatic hydroxyl groups excluding tert-OH is 2. The fourth-order valence-electron chi connectivity index (χ4n) is 3.72. The van der Waals surface area contributed by atoms with Gasteiger partial charge in [-0.15, -0.1) is 0 Å². The molecular weight excluding hydrogens is 584 g/mol. The van der Waals surface area contributed by atoms with Gasteiger partial charge < -0.3 is 24.4 Å². The third-order valence-corrected chi connectivity index (χ3v) is 7.14. The summed E-state index contributed by atoms with van der Waals surface area (Å²) in [5.41, 5.74) is -1.91. The van der Waals surface area contributed by atoms with Gasteiger partial charge in [-0.3, -0.25) is 9.59 Å². The average molecular weight is 618 g/mol. The lowest BCUT2D eigenvalue weighted by Gasteiger charge is -2.34. The van der Waals surface area contributed by atoms with Gasteiger partial charge in [-0.1, -0.05) is 35.0 Å². The van der Waals surface area contributed by atoms with E-state index < -0.39 is 35.0 Å². The zero-order chi connectivity index (χ0) is 26.4. The molecule has 2 N–H and O–H groups in total. The summed E-state index contributed by atoms with van der Waals surface area (Å²) in [5, 5.41) is 21.7. The van der Waals surface area contributed by atoms with Crippen LogP contribution in [0, 0.1) is 10.8 Å². The Labute approximate surface area is 223 Å². The van der Waals surface area contributed by atoms with Crippen molar-refractivity contribution in [1.29, 1.82) is 0 Å². The van der Waals surface area contributed by atoms with Gasteiger partial charge in [0, 0.05) is 4.47 Å². The second-order valence-corrected chi connectivity index (χ2v) is 11.4. The van der Waals surface area contributed by atoms with Gasteiger partial charge in [0.2, 0.25) is 0 Å². The van der Waals surface area contributed by atoms with Crippen molar-refractivity contribution >= 4 is 54.6 Å². The minimum atomic E-state index is -1.03. The van der Waals surface area contributed by atoms with Crippen LogP contribution in [-0.4, -0.2) is 54.2 Å². The van der Waals surface area contributed by atoms with E-state index in [1.807, 2.05) is 37.3 Å². The molecule has 0 aromatic heterocycles. The molecule has 2 rings (SSSR count). The molecule has 0 radical (unpaired) electrons. The largest absolute Gasteiger partial charge is 0.490 e. The molecule has 3 atom stereocenters. The molecule has 0 fully saturated rings. The first-order valence-electron chi connectivity index (χ1n) is 11.5. The van der Waals surface area contributed by atoms with Gasteiger partial charge in [-0.25, -0.2) is 0 Å². The van der Waals surface area contributed by atoms with Crippen LogP contribution in [-0.2, 0) is 19.1 Å². The maximum atomic E-state index is 12.8. The molecular formula is C26H34Br2O7. The van der Waals surface area contributed by atoms with Gasteiger partial charge in [-0.05, 0) is 85.4 Å². The van der Waals surface area contributed by atoms with Crippen LogP contribution in [0.2, 0.25) is 0 Å². The molecule has 0 amide bonds. The average Bonchev–Trinajstić information content (AvgIpc) is 2.79. The molecule has 0 saturated heterocycles. The normalized spacial score (nSPS) is 15.2. The molecule has 0 aliphatic rings. The molecule has 0 heterocycles. The van der Waals surface area contributed by atoms with Gasteiger partial charge in [0.15, 0.2) is 0 Å². The summed E-state index contributed by atoms with van der Waals surface area (Å²) in [6, 6.07) is 9.62. The van der Waals surface area contributed by atoms with Gasteiger partial charge >= 0.3 is 11.9 Å². The summed E-state index contributed by atoms with van der Waals surface area (Å²) in [6.07, 6.45) is -1.15. The molecule has 0 saturated carbocycles. The number of carbonyl (C=O) groups excluding carboxylic acids is 2. The SMILES string of the molecule is CCC(C)(CC(C)(C)C(=O)OCC(O)COc1ccc2cc(Br)ccc2c1Br)C(=O)OCC(C)O. The number of hydrogen-bond donors (Lipinski definition) is 2. The van der Waals surface area contributed by atoms with Gasteiger partial charge in [-0.2, -0.15) is 0 Å². The van der Waals surface area contributed by atoms with Crippen LogP contribution in [0.5, 0.6) is 5.75 Å². The smallest absolute Gasteiger partial charge is 0.311 e. The fraction of sp³-hybridized carbons (Fsp3) is 0.538. The van der Waals surface area contributed by atoms with Crippen molar-refractivity contribution in [1.82, 2.24) is 0 Å². The fourth-order valence-corrected chi connectivity index (χ4v) is 4.70. The monoisotopic (exact) mass is 616 g/mol. The van der Waals surface area contributed by atoms with Crippen LogP contribution < -0.4 is 4.74 Å². The Balaban J connectivity index is 1.92. The lowest BCUT2D eigenvalue weighted by atomic mass is 9.72. The standard InChI is InChI=1S/C26H34Br2O7/c1-6-26(5,24(32)34-12-16(2)29)15-25(3,4)23(31)35-14-19(30)13-33-21-10-7-17-11-18(27)8-9-20(17)22(21)28/h7-11,16,19,29-30H,6,12-15H2,1-5H3. The number of rotatable bonds is 12. The number of esters is 2. The molecule has 0 bridgehead atoms. The number of carbonyl (C=O) groups is 2. The summed E-state index contributed by atoms with van der Waals surface area (Å²) in [6.45, 7) is 8.09. The zero-order valence-electron chi connectivity index (χ0n) is 20.8. The molecule has 0 spiro atoms. The van der Waals surface area contributed by atoms with E-state index in [-0.39, 0.29) is 26.2 Å².